The third kappa shape index (κ3) is 1.94. The second-order valence-corrected chi connectivity index (χ2v) is 5.55. The van der Waals surface area contributed by atoms with Crippen molar-refractivity contribution in [2.45, 2.75) is 38.7 Å². The highest BCUT2D eigenvalue weighted by Gasteiger charge is 2.40. The maximum Gasteiger partial charge on any atom is 0.186 e. The Kier molecular flexibility index (Phi) is 2.43. The Balaban J connectivity index is 1.88. The van der Waals surface area contributed by atoms with E-state index in [1.165, 1.54) is 24.8 Å². The van der Waals surface area contributed by atoms with Gasteiger partial charge in [0.25, 0.3) is 0 Å². The average molecular weight is 194 g/mol. The Bertz CT molecular complexity index is 253. The molecule has 0 amide bonds. The number of hydrogen-bond donors (Lipinski definition) is 0. The van der Waals surface area contributed by atoms with E-state index < -0.39 is 9.76 Å². The summed E-state index contributed by atoms with van der Waals surface area (Å²) in [4.78, 5) is 0. The highest BCUT2D eigenvalue weighted by Crippen LogP contribution is 2.44. The summed E-state index contributed by atoms with van der Waals surface area (Å²) in [5.41, 5.74) is 3.89. The Morgan fingerprint density at radius 3 is 2.92 bits per heavy atom. The van der Waals surface area contributed by atoms with Crippen molar-refractivity contribution in [2.75, 3.05) is 0 Å². The first-order valence-corrected chi connectivity index (χ1v) is 6.56. The summed E-state index contributed by atoms with van der Waals surface area (Å²) in [5, 5.41) is 0. The highest BCUT2D eigenvalue weighted by molar-refractivity contribution is 6.34. The number of rotatable bonds is 3. The van der Waals surface area contributed by atoms with E-state index in [1.54, 1.807) is 0 Å². The van der Waals surface area contributed by atoms with Crippen LogP contribution in [0.2, 0.25) is 0 Å². The minimum Gasteiger partial charge on any atom is -0.410 e. The smallest absolute Gasteiger partial charge is 0.186 e. The molecule has 1 fully saturated rings. The van der Waals surface area contributed by atoms with E-state index >= 15 is 0 Å². The van der Waals surface area contributed by atoms with Gasteiger partial charge in [-0.05, 0) is 39.0 Å². The lowest BCUT2D eigenvalue weighted by molar-refractivity contribution is 0.141. The predicted molar refractivity (Wildman–Crippen MR) is 58.3 cm³/mol. The zero-order valence-electron chi connectivity index (χ0n) is 8.55. The second-order valence-electron chi connectivity index (χ2n) is 4.52. The lowest BCUT2D eigenvalue weighted by Crippen LogP contribution is -2.26. The Hall–Kier alpha value is -0.343. The molecule has 2 aliphatic rings. The Morgan fingerprint density at radius 2 is 2.46 bits per heavy atom. The molecule has 72 valence electrons. The molecule has 13 heavy (non-hydrogen) atoms. The zero-order valence-corrected chi connectivity index (χ0v) is 9.96. The summed E-state index contributed by atoms with van der Waals surface area (Å²) in [7, 11) is -0.420. The molecule has 0 aliphatic heterocycles. The maximum absolute atomic E-state index is 6.07. The quantitative estimate of drug-likeness (QED) is 0.494. The third-order valence-corrected chi connectivity index (χ3v) is 4.81. The Morgan fingerprint density at radius 1 is 1.62 bits per heavy atom. The topological polar surface area (TPSA) is 9.23 Å². The van der Waals surface area contributed by atoms with Gasteiger partial charge < -0.3 is 4.43 Å². The van der Waals surface area contributed by atoms with E-state index in [-0.39, 0.29) is 5.60 Å². The number of fused-ring (bicyclic) bond motifs is 2. The lowest BCUT2D eigenvalue weighted by Gasteiger charge is -2.23. The molecule has 0 saturated heterocycles. The van der Waals surface area contributed by atoms with Crippen LogP contribution in [0.3, 0.4) is 0 Å². The minimum absolute atomic E-state index is 0.183. The van der Waals surface area contributed by atoms with Gasteiger partial charge in [-0.3, -0.25) is 0 Å². The molecule has 0 N–H and O–H groups in total. The Labute approximate surface area is 82.8 Å². The molecule has 2 atom stereocenters. The maximum atomic E-state index is 6.07. The normalized spacial score (nSPS) is 36.3. The molecular formula is C11H18OSi. The summed E-state index contributed by atoms with van der Waals surface area (Å²) >= 11 is 0. The van der Waals surface area contributed by atoms with Crippen molar-refractivity contribution in [3.63, 3.8) is 0 Å². The zero-order chi connectivity index (χ0) is 9.31. The van der Waals surface area contributed by atoms with Crippen LogP contribution in [0.1, 0.15) is 33.1 Å². The van der Waals surface area contributed by atoms with E-state index in [2.05, 4.69) is 31.7 Å². The van der Waals surface area contributed by atoms with Crippen molar-refractivity contribution in [3.8, 4) is 0 Å². The van der Waals surface area contributed by atoms with Crippen LogP contribution in [-0.2, 0) is 4.43 Å². The van der Waals surface area contributed by atoms with Crippen LogP contribution in [-0.4, -0.2) is 15.4 Å². The fraction of sp³-hybridized carbons (Fsp3) is 0.636. The molecule has 0 aromatic rings. The van der Waals surface area contributed by atoms with E-state index in [1.807, 2.05) is 0 Å². The van der Waals surface area contributed by atoms with Gasteiger partial charge in [-0.25, -0.2) is 0 Å². The van der Waals surface area contributed by atoms with Crippen molar-refractivity contribution >= 4 is 9.76 Å². The predicted octanol–water partition coefficient (Wildman–Crippen LogP) is 2.12. The average Bonchev–Trinajstić information content (AvgIpc) is 2.62. The van der Waals surface area contributed by atoms with Crippen LogP contribution in [0.25, 0.3) is 0 Å². The first-order chi connectivity index (χ1) is 6.20. The molecule has 2 rings (SSSR count). The molecule has 1 nitrogen and oxygen atoms in total. The van der Waals surface area contributed by atoms with Crippen LogP contribution < -0.4 is 0 Å². The van der Waals surface area contributed by atoms with Gasteiger partial charge >= 0.3 is 0 Å². The van der Waals surface area contributed by atoms with Gasteiger partial charge in [-0.2, -0.15) is 0 Å². The van der Waals surface area contributed by atoms with Crippen molar-refractivity contribution in [1.82, 2.24) is 0 Å². The molecule has 2 aliphatic carbocycles. The molecule has 0 aromatic carbocycles. The van der Waals surface area contributed by atoms with Crippen LogP contribution >= 0.6 is 0 Å². The van der Waals surface area contributed by atoms with Gasteiger partial charge in [0.05, 0.1) is 5.60 Å². The standard InChI is InChI=1S/C11H18OSi/c1-9(2)8-13-12-11-5-3-10(7-11)4-6-11/h3,5,8,10H,4,6-7,13H2,1-2H3. The highest BCUT2D eigenvalue weighted by atomic mass is 28.2. The first kappa shape index (κ1) is 9.22. The second kappa shape index (κ2) is 3.43. The van der Waals surface area contributed by atoms with E-state index in [9.17, 15) is 0 Å². The van der Waals surface area contributed by atoms with Gasteiger partial charge in [0.1, 0.15) is 0 Å². The first-order valence-electron chi connectivity index (χ1n) is 5.17. The minimum atomic E-state index is -0.420. The fourth-order valence-corrected chi connectivity index (χ4v) is 3.37. The number of allylic oxidation sites excluding steroid dienone is 2. The molecule has 2 heteroatoms. The van der Waals surface area contributed by atoms with E-state index in [0.717, 1.165) is 5.92 Å². The van der Waals surface area contributed by atoms with Gasteiger partial charge in [-0.15, -0.1) is 0 Å². The summed E-state index contributed by atoms with van der Waals surface area (Å²) < 4.78 is 6.07. The number of hydrogen-bond acceptors (Lipinski definition) is 1. The molecule has 0 radical (unpaired) electrons. The molecule has 0 heterocycles. The summed E-state index contributed by atoms with van der Waals surface area (Å²) in [5.74, 6) is 0.834. The molecule has 1 saturated carbocycles. The van der Waals surface area contributed by atoms with Crippen molar-refractivity contribution in [3.05, 3.63) is 23.4 Å². The monoisotopic (exact) mass is 194 g/mol. The van der Waals surface area contributed by atoms with Gasteiger partial charge in [0.15, 0.2) is 9.76 Å². The van der Waals surface area contributed by atoms with Gasteiger partial charge in [0, 0.05) is 0 Å². The van der Waals surface area contributed by atoms with Crippen LogP contribution in [0, 0.1) is 5.92 Å². The summed E-state index contributed by atoms with van der Waals surface area (Å²) in [6.45, 7) is 4.30. The van der Waals surface area contributed by atoms with Crippen LogP contribution in [0.15, 0.2) is 23.4 Å². The molecule has 2 unspecified atom stereocenters. The van der Waals surface area contributed by atoms with Gasteiger partial charge in [-0.1, -0.05) is 23.4 Å². The molecular weight excluding hydrogens is 176 g/mol. The van der Waals surface area contributed by atoms with E-state index in [4.69, 9.17) is 4.43 Å². The van der Waals surface area contributed by atoms with E-state index in [0.29, 0.717) is 0 Å². The SMILES string of the molecule is CC(C)=C[SiH2]OC12C=CC(CC1)C2. The summed E-state index contributed by atoms with van der Waals surface area (Å²) in [6, 6.07) is 0. The molecule has 2 bridgehead atoms. The van der Waals surface area contributed by atoms with Crippen LogP contribution in [0.5, 0.6) is 0 Å². The molecule has 0 aromatic heterocycles. The van der Waals surface area contributed by atoms with Crippen molar-refractivity contribution in [1.29, 1.82) is 0 Å². The van der Waals surface area contributed by atoms with Crippen molar-refractivity contribution < 1.29 is 4.43 Å². The van der Waals surface area contributed by atoms with Crippen LogP contribution in [0.4, 0.5) is 0 Å². The summed E-state index contributed by atoms with van der Waals surface area (Å²) in [6.07, 6.45) is 8.53. The fourth-order valence-electron chi connectivity index (χ4n) is 2.26. The largest absolute Gasteiger partial charge is 0.410 e. The molecule has 0 spiro atoms. The lowest BCUT2D eigenvalue weighted by atomic mass is 10.0. The van der Waals surface area contributed by atoms with Gasteiger partial charge in [0.2, 0.25) is 0 Å². The van der Waals surface area contributed by atoms with Crippen molar-refractivity contribution in [2.24, 2.45) is 5.92 Å². The third-order valence-electron chi connectivity index (χ3n) is 3.08.